The van der Waals surface area contributed by atoms with Crippen molar-refractivity contribution in [2.45, 2.75) is 106 Å². The van der Waals surface area contributed by atoms with E-state index in [1.807, 2.05) is 39.0 Å². The molecule has 2 aliphatic rings. The number of carbonyl (C=O) groups excluding carboxylic acids is 2. The van der Waals surface area contributed by atoms with E-state index in [4.69, 9.17) is 28.2 Å². The van der Waals surface area contributed by atoms with Crippen LogP contribution in [0.2, 0.25) is 10.0 Å². The summed E-state index contributed by atoms with van der Waals surface area (Å²) in [6, 6.07) is 8.08. The van der Waals surface area contributed by atoms with Crippen LogP contribution in [0.5, 0.6) is 0 Å². The van der Waals surface area contributed by atoms with Crippen LogP contribution in [0, 0.1) is 17.3 Å². The largest absolute Gasteiger partial charge is 0.371 e. The zero-order chi connectivity index (χ0) is 32.5. The highest BCUT2D eigenvalue weighted by atomic mass is 35.5. The highest BCUT2D eigenvalue weighted by molar-refractivity contribution is 6.36. The number of imidazole rings is 1. The number of rotatable bonds is 8. The standard InChI is InChI=1S/C36H49Cl2N5O2/c1-7-43-31-20-30(42-16-14-23(3)15-17-42)27(34(44)40-25-11-8-22(2)9-12-25)18-29(31)41-32(43)19-26-28(37)13-10-24(33(26)38)21-39-35(45)36(4,5)6/h10,13,18,20,22-23,25H,7-9,11-12,14-17,19,21H2,1-6H3,(H,39,45)(H,40,44). The average Bonchev–Trinajstić information content (AvgIpc) is 3.35. The molecule has 7 nitrogen and oxygen atoms in total. The molecule has 1 saturated carbocycles. The van der Waals surface area contributed by atoms with Gasteiger partial charge in [-0.3, -0.25) is 9.59 Å². The summed E-state index contributed by atoms with van der Waals surface area (Å²) in [4.78, 5) is 33.8. The first-order chi connectivity index (χ1) is 21.3. The van der Waals surface area contributed by atoms with E-state index in [-0.39, 0.29) is 17.9 Å². The van der Waals surface area contributed by atoms with E-state index in [0.717, 1.165) is 91.2 Å². The van der Waals surface area contributed by atoms with Gasteiger partial charge >= 0.3 is 0 Å². The Morgan fingerprint density at radius 2 is 1.64 bits per heavy atom. The van der Waals surface area contributed by atoms with Crippen LogP contribution < -0.4 is 15.5 Å². The molecule has 9 heteroatoms. The van der Waals surface area contributed by atoms with E-state index in [2.05, 4.69) is 46.9 Å². The van der Waals surface area contributed by atoms with Crippen molar-refractivity contribution in [3.05, 3.63) is 56.8 Å². The summed E-state index contributed by atoms with van der Waals surface area (Å²) >= 11 is 13.6. The summed E-state index contributed by atoms with van der Waals surface area (Å²) in [5.74, 6) is 2.20. The molecule has 0 spiro atoms. The fourth-order valence-corrected chi connectivity index (χ4v) is 7.17. The predicted molar refractivity (Wildman–Crippen MR) is 185 cm³/mol. The number of aryl methyl sites for hydroxylation is 1. The van der Waals surface area contributed by atoms with Gasteiger partial charge in [0.2, 0.25) is 5.91 Å². The number of carbonyl (C=O) groups is 2. The fraction of sp³-hybridized carbons (Fsp3) is 0.583. The Bertz CT molecular complexity index is 1540. The van der Waals surface area contributed by atoms with Crippen molar-refractivity contribution >= 4 is 51.7 Å². The predicted octanol–water partition coefficient (Wildman–Crippen LogP) is 8.16. The molecule has 1 aliphatic heterocycles. The third-order valence-corrected chi connectivity index (χ3v) is 10.5. The lowest BCUT2D eigenvalue weighted by atomic mass is 9.87. The average molecular weight is 655 g/mol. The first-order valence-electron chi connectivity index (χ1n) is 16.7. The second kappa shape index (κ2) is 13.9. The molecule has 0 unspecified atom stereocenters. The van der Waals surface area contributed by atoms with Crippen LogP contribution in [0.3, 0.4) is 0 Å². The molecule has 1 saturated heterocycles. The Balaban J connectivity index is 1.49. The van der Waals surface area contributed by atoms with Gasteiger partial charge in [-0.2, -0.15) is 0 Å². The number of anilines is 1. The van der Waals surface area contributed by atoms with Gasteiger partial charge in [-0.25, -0.2) is 4.98 Å². The maximum Gasteiger partial charge on any atom is 0.253 e. The van der Waals surface area contributed by atoms with Gasteiger partial charge in [-0.05, 0) is 86.6 Å². The number of amides is 2. The normalized spacial score (nSPS) is 19.6. The third-order valence-electron chi connectivity index (χ3n) is 9.70. The van der Waals surface area contributed by atoms with Gasteiger partial charge in [-0.15, -0.1) is 0 Å². The van der Waals surface area contributed by atoms with Crippen molar-refractivity contribution in [3.63, 3.8) is 0 Å². The Hall–Kier alpha value is -2.77. The van der Waals surface area contributed by atoms with E-state index >= 15 is 0 Å². The quantitative estimate of drug-likeness (QED) is 0.257. The van der Waals surface area contributed by atoms with Gasteiger partial charge in [0.25, 0.3) is 5.91 Å². The number of hydrogen-bond acceptors (Lipinski definition) is 4. The molecule has 2 fully saturated rings. The van der Waals surface area contributed by atoms with Gasteiger partial charge in [0.1, 0.15) is 5.82 Å². The summed E-state index contributed by atoms with van der Waals surface area (Å²) in [6.07, 6.45) is 7.02. The van der Waals surface area contributed by atoms with Gasteiger partial charge in [0.05, 0.1) is 27.3 Å². The molecule has 244 valence electrons. The minimum absolute atomic E-state index is 0.00577. The molecular weight excluding hydrogens is 605 g/mol. The minimum atomic E-state index is -0.496. The second-order valence-corrected chi connectivity index (χ2v) is 15.1. The van der Waals surface area contributed by atoms with E-state index in [0.29, 0.717) is 41.0 Å². The van der Waals surface area contributed by atoms with Crippen LogP contribution in [-0.4, -0.2) is 40.5 Å². The number of hydrogen-bond donors (Lipinski definition) is 2. The van der Waals surface area contributed by atoms with E-state index in [9.17, 15) is 9.59 Å². The zero-order valence-electron chi connectivity index (χ0n) is 27.7. The molecule has 2 amide bonds. The summed E-state index contributed by atoms with van der Waals surface area (Å²) in [5, 5.41) is 7.46. The molecule has 45 heavy (non-hydrogen) atoms. The van der Waals surface area contributed by atoms with Crippen LogP contribution in [0.1, 0.15) is 107 Å². The number of halogens is 2. The van der Waals surface area contributed by atoms with Crippen LogP contribution in [0.25, 0.3) is 11.0 Å². The lowest BCUT2D eigenvalue weighted by Gasteiger charge is -2.34. The molecule has 0 atom stereocenters. The molecular formula is C36H49Cl2N5O2. The molecule has 0 bridgehead atoms. The summed E-state index contributed by atoms with van der Waals surface area (Å²) < 4.78 is 2.20. The SMILES string of the molecule is CCn1c(Cc2c(Cl)ccc(CNC(=O)C(C)(C)C)c2Cl)nc2cc(C(=O)NC3CCC(C)CC3)c(N3CCC(C)CC3)cc21. The molecule has 0 radical (unpaired) electrons. The monoisotopic (exact) mass is 653 g/mol. The number of benzene rings is 2. The van der Waals surface area contributed by atoms with Gasteiger partial charge in [0.15, 0.2) is 0 Å². The first-order valence-corrected chi connectivity index (χ1v) is 17.4. The number of piperidine rings is 1. The highest BCUT2D eigenvalue weighted by Crippen LogP contribution is 2.35. The van der Waals surface area contributed by atoms with Crippen molar-refractivity contribution < 1.29 is 9.59 Å². The maximum atomic E-state index is 13.9. The van der Waals surface area contributed by atoms with Gasteiger partial charge in [0, 0.05) is 49.1 Å². The van der Waals surface area contributed by atoms with E-state index in [1.165, 1.54) is 0 Å². The molecule has 2 aromatic carbocycles. The Morgan fingerprint density at radius 3 is 2.29 bits per heavy atom. The van der Waals surface area contributed by atoms with Crippen LogP contribution in [-0.2, 0) is 24.3 Å². The van der Waals surface area contributed by atoms with Gasteiger partial charge in [-0.1, -0.05) is 63.9 Å². The Morgan fingerprint density at radius 1 is 0.978 bits per heavy atom. The molecule has 3 aromatic rings. The summed E-state index contributed by atoms with van der Waals surface area (Å²) in [5.41, 5.74) is 4.59. The second-order valence-electron chi connectivity index (χ2n) is 14.3. The lowest BCUT2D eigenvalue weighted by molar-refractivity contribution is -0.128. The number of nitrogens with one attached hydrogen (secondary N) is 2. The van der Waals surface area contributed by atoms with Crippen LogP contribution in [0.15, 0.2) is 24.3 Å². The maximum absolute atomic E-state index is 13.9. The molecule has 1 aromatic heterocycles. The lowest BCUT2D eigenvalue weighted by Crippen LogP contribution is -2.39. The summed E-state index contributed by atoms with van der Waals surface area (Å²) in [7, 11) is 0. The van der Waals surface area contributed by atoms with Crippen LogP contribution in [0.4, 0.5) is 5.69 Å². The number of fused-ring (bicyclic) bond motifs is 1. The highest BCUT2D eigenvalue weighted by Gasteiger charge is 2.27. The van der Waals surface area contributed by atoms with E-state index in [1.54, 1.807) is 0 Å². The molecule has 2 N–H and O–H groups in total. The van der Waals surface area contributed by atoms with E-state index < -0.39 is 5.41 Å². The van der Waals surface area contributed by atoms with Crippen molar-refractivity contribution in [2.24, 2.45) is 17.3 Å². The number of nitrogens with zero attached hydrogens (tertiary/aromatic N) is 3. The topological polar surface area (TPSA) is 79.3 Å². The Kier molecular flexibility index (Phi) is 10.4. The van der Waals surface area contributed by atoms with Crippen molar-refractivity contribution in [1.82, 2.24) is 20.2 Å². The summed E-state index contributed by atoms with van der Waals surface area (Å²) in [6.45, 7) is 15.3. The first kappa shape index (κ1) is 33.6. The fourth-order valence-electron chi connectivity index (χ4n) is 6.60. The molecule has 2 heterocycles. The minimum Gasteiger partial charge on any atom is -0.371 e. The number of aromatic nitrogens is 2. The van der Waals surface area contributed by atoms with Crippen molar-refractivity contribution in [2.75, 3.05) is 18.0 Å². The van der Waals surface area contributed by atoms with Crippen molar-refractivity contribution in [3.8, 4) is 0 Å². The van der Waals surface area contributed by atoms with Gasteiger partial charge < -0.3 is 20.1 Å². The smallest absolute Gasteiger partial charge is 0.253 e. The zero-order valence-corrected chi connectivity index (χ0v) is 29.2. The Labute approximate surface area is 278 Å². The molecule has 1 aliphatic carbocycles. The van der Waals surface area contributed by atoms with Crippen LogP contribution >= 0.6 is 23.2 Å². The third kappa shape index (κ3) is 7.62. The van der Waals surface area contributed by atoms with Crippen molar-refractivity contribution in [1.29, 1.82) is 0 Å². The molecule has 5 rings (SSSR count).